The van der Waals surface area contributed by atoms with Crippen molar-refractivity contribution in [2.75, 3.05) is 18.0 Å². The number of nitriles is 1. The molecule has 28 heavy (non-hydrogen) atoms. The van der Waals surface area contributed by atoms with Crippen molar-refractivity contribution in [3.05, 3.63) is 53.0 Å². The first-order chi connectivity index (χ1) is 13.5. The zero-order valence-corrected chi connectivity index (χ0v) is 16.5. The summed E-state index contributed by atoms with van der Waals surface area (Å²) >= 11 is 0. The molecule has 1 fully saturated rings. The van der Waals surface area contributed by atoms with E-state index in [4.69, 9.17) is 5.26 Å². The van der Waals surface area contributed by atoms with Crippen LogP contribution in [0, 0.1) is 17.1 Å². The zero-order valence-electron chi connectivity index (χ0n) is 16.5. The van der Waals surface area contributed by atoms with Gasteiger partial charge in [0.15, 0.2) is 11.5 Å². The summed E-state index contributed by atoms with van der Waals surface area (Å²) in [5.74, 6) is 0.953. The molecule has 1 aromatic carbocycles. The zero-order chi connectivity index (χ0) is 20.5. The fraction of sp³-hybridized carbons (Fsp3) is 0.429. The van der Waals surface area contributed by atoms with Gasteiger partial charge in [0.1, 0.15) is 11.9 Å². The Morgan fingerprint density at radius 2 is 2.14 bits per heavy atom. The van der Waals surface area contributed by atoms with Crippen LogP contribution in [-0.2, 0) is 11.2 Å². The second kappa shape index (κ2) is 10.4. The van der Waals surface area contributed by atoms with E-state index in [2.05, 4.69) is 15.5 Å². The highest BCUT2D eigenvalue weighted by atomic mass is 19.1. The monoisotopic (exact) mass is 383 g/mol. The summed E-state index contributed by atoms with van der Waals surface area (Å²) in [5, 5.41) is 19.1. The fourth-order valence-electron chi connectivity index (χ4n) is 3.01. The molecule has 7 heteroatoms. The van der Waals surface area contributed by atoms with E-state index >= 15 is 0 Å². The molecule has 0 saturated carbocycles. The lowest BCUT2D eigenvalue weighted by molar-refractivity contribution is -0.110. The fourth-order valence-corrected chi connectivity index (χ4v) is 3.01. The Labute approximate surface area is 165 Å². The van der Waals surface area contributed by atoms with Gasteiger partial charge in [0.25, 0.3) is 0 Å². The van der Waals surface area contributed by atoms with E-state index in [1.165, 1.54) is 0 Å². The Hall–Kier alpha value is -3.01. The molecule has 0 radical (unpaired) electrons. The molecule has 1 aliphatic rings. The van der Waals surface area contributed by atoms with Crippen molar-refractivity contribution in [3.63, 3.8) is 0 Å². The third-order valence-corrected chi connectivity index (χ3v) is 4.68. The van der Waals surface area contributed by atoms with Crippen molar-refractivity contribution in [2.45, 2.75) is 45.6 Å². The summed E-state index contributed by atoms with van der Waals surface area (Å²) in [6.07, 6.45) is 2.52. The minimum absolute atomic E-state index is 0.0654. The van der Waals surface area contributed by atoms with Crippen molar-refractivity contribution >= 4 is 12.2 Å². The average molecular weight is 383 g/mol. The molecule has 1 aliphatic heterocycles. The first-order valence-corrected chi connectivity index (χ1v) is 9.45. The predicted octanol–water partition coefficient (Wildman–Crippen LogP) is 3.18. The Balaban J connectivity index is 0.000000209. The molecule has 1 atom stereocenters. The SMILES string of the molecule is CCc1ccc(C(C)C)c(F)c1.N#Cc1ccc(N2CCC(NC=O)C2)nn1. The lowest BCUT2D eigenvalue weighted by Gasteiger charge is -2.16. The maximum absolute atomic E-state index is 13.3. The van der Waals surface area contributed by atoms with Gasteiger partial charge in [-0.1, -0.05) is 32.9 Å². The number of nitrogens with one attached hydrogen (secondary N) is 1. The van der Waals surface area contributed by atoms with Gasteiger partial charge >= 0.3 is 0 Å². The van der Waals surface area contributed by atoms with Crippen LogP contribution in [0.15, 0.2) is 30.3 Å². The van der Waals surface area contributed by atoms with Crippen LogP contribution in [0.3, 0.4) is 0 Å². The summed E-state index contributed by atoms with van der Waals surface area (Å²) < 4.78 is 13.3. The van der Waals surface area contributed by atoms with Crippen LogP contribution >= 0.6 is 0 Å². The summed E-state index contributed by atoms with van der Waals surface area (Å²) in [6, 6.07) is 11.0. The number of halogens is 1. The number of hydrogen-bond acceptors (Lipinski definition) is 5. The van der Waals surface area contributed by atoms with Crippen molar-refractivity contribution in [2.24, 2.45) is 0 Å². The lowest BCUT2D eigenvalue weighted by Crippen LogP contribution is -2.31. The predicted molar refractivity (Wildman–Crippen MR) is 106 cm³/mol. The van der Waals surface area contributed by atoms with Crippen molar-refractivity contribution < 1.29 is 9.18 Å². The number of carbonyl (C=O) groups excluding carboxylic acids is 1. The van der Waals surface area contributed by atoms with E-state index in [-0.39, 0.29) is 17.8 Å². The van der Waals surface area contributed by atoms with Crippen LogP contribution in [0.1, 0.15) is 49.9 Å². The molecule has 0 spiro atoms. The Morgan fingerprint density at radius 1 is 1.36 bits per heavy atom. The third kappa shape index (κ3) is 5.74. The molecular weight excluding hydrogens is 357 g/mol. The molecule has 3 rings (SSSR count). The Bertz CT molecular complexity index is 817. The average Bonchev–Trinajstić information content (AvgIpc) is 3.17. The molecule has 148 valence electrons. The number of aromatic nitrogens is 2. The highest BCUT2D eigenvalue weighted by molar-refractivity contribution is 5.48. The van der Waals surface area contributed by atoms with E-state index in [0.29, 0.717) is 5.69 Å². The molecule has 1 amide bonds. The number of nitrogens with zero attached hydrogens (tertiary/aromatic N) is 4. The van der Waals surface area contributed by atoms with Crippen molar-refractivity contribution in [3.8, 4) is 6.07 Å². The normalized spacial score (nSPS) is 15.6. The first-order valence-electron chi connectivity index (χ1n) is 9.45. The quantitative estimate of drug-likeness (QED) is 0.802. The minimum atomic E-state index is -0.0654. The molecule has 0 aliphatic carbocycles. The smallest absolute Gasteiger partial charge is 0.207 e. The van der Waals surface area contributed by atoms with E-state index in [0.717, 1.165) is 49.3 Å². The van der Waals surface area contributed by atoms with Crippen LogP contribution in [0.5, 0.6) is 0 Å². The van der Waals surface area contributed by atoms with Gasteiger partial charge in [-0.05, 0) is 48.1 Å². The standard InChI is InChI=1S/C11H15F.C10H11N5O/c1-4-9-5-6-10(8(2)3)11(12)7-9;11-5-8-1-2-10(14-13-8)15-4-3-9(6-15)12-7-16/h5-8H,4H2,1-3H3;1-2,7,9H,3-4,6H2,(H,12,16). The molecular formula is C21H26FN5O. The highest BCUT2D eigenvalue weighted by Crippen LogP contribution is 2.19. The summed E-state index contributed by atoms with van der Waals surface area (Å²) in [5.41, 5.74) is 2.19. The van der Waals surface area contributed by atoms with Gasteiger partial charge < -0.3 is 10.2 Å². The number of benzene rings is 1. The topological polar surface area (TPSA) is 81.9 Å². The van der Waals surface area contributed by atoms with Gasteiger partial charge in [0.2, 0.25) is 6.41 Å². The Kier molecular flexibility index (Phi) is 7.88. The molecule has 6 nitrogen and oxygen atoms in total. The maximum atomic E-state index is 13.3. The van der Waals surface area contributed by atoms with Crippen LogP contribution < -0.4 is 10.2 Å². The molecule has 1 N–H and O–H groups in total. The molecule has 0 bridgehead atoms. The molecule has 1 aromatic heterocycles. The van der Waals surface area contributed by atoms with Gasteiger partial charge in [-0.15, -0.1) is 10.2 Å². The number of aryl methyl sites for hydroxylation is 1. The number of anilines is 1. The van der Waals surface area contributed by atoms with Crippen LogP contribution in [0.2, 0.25) is 0 Å². The van der Waals surface area contributed by atoms with E-state index in [1.54, 1.807) is 18.2 Å². The Morgan fingerprint density at radius 3 is 2.68 bits per heavy atom. The summed E-state index contributed by atoms with van der Waals surface area (Å²) in [4.78, 5) is 12.3. The largest absolute Gasteiger partial charge is 0.354 e. The number of amides is 1. The third-order valence-electron chi connectivity index (χ3n) is 4.68. The van der Waals surface area contributed by atoms with Gasteiger partial charge in [0.05, 0.1) is 0 Å². The maximum Gasteiger partial charge on any atom is 0.207 e. The van der Waals surface area contributed by atoms with E-state index in [1.807, 2.05) is 43.9 Å². The van der Waals surface area contributed by atoms with Crippen molar-refractivity contribution in [1.82, 2.24) is 15.5 Å². The molecule has 2 aromatic rings. The first kappa shape index (κ1) is 21.3. The van der Waals surface area contributed by atoms with E-state index in [9.17, 15) is 9.18 Å². The van der Waals surface area contributed by atoms with Crippen LogP contribution in [-0.4, -0.2) is 35.7 Å². The molecule has 2 heterocycles. The molecule has 1 saturated heterocycles. The van der Waals surface area contributed by atoms with Gasteiger partial charge in [0, 0.05) is 19.1 Å². The second-order valence-electron chi connectivity index (χ2n) is 6.97. The number of rotatable bonds is 5. The second-order valence-corrected chi connectivity index (χ2v) is 6.97. The van der Waals surface area contributed by atoms with Gasteiger partial charge in [-0.25, -0.2) is 4.39 Å². The minimum Gasteiger partial charge on any atom is -0.354 e. The highest BCUT2D eigenvalue weighted by Gasteiger charge is 2.22. The number of hydrogen-bond donors (Lipinski definition) is 1. The lowest BCUT2D eigenvalue weighted by atomic mass is 10.0. The van der Waals surface area contributed by atoms with Crippen LogP contribution in [0.4, 0.5) is 10.2 Å². The number of carbonyl (C=O) groups is 1. The van der Waals surface area contributed by atoms with Crippen LogP contribution in [0.25, 0.3) is 0 Å². The van der Waals surface area contributed by atoms with Gasteiger partial charge in [-0.2, -0.15) is 5.26 Å². The summed E-state index contributed by atoms with van der Waals surface area (Å²) in [7, 11) is 0. The molecule has 1 unspecified atom stereocenters. The summed E-state index contributed by atoms with van der Waals surface area (Å²) in [6.45, 7) is 7.61. The van der Waals surface area contributed by atoms with Gasteiger partial charge in [-0.3, -0.25) is 4.79 Å². The van der Waals surface area contributed by atoms with E-state index < -0.39 is 0 Å². The van der Waals surface area contributed by atoms with Crippen molar-refractivity contribution in [1.29, 1.82) is 5.26 Å².